The monoisotopic (exact) mass is 328 g/mol. The predicted molar refractivity (Wildman–Crippen MR) is 101 cm³/mol. The van der Waals surface area contributed by atoms with Crippen molar-refractivity contribution in [3.63, 3.8) is 0 Å². The van der Waals surface area contributed by atoms with Crippen LogP contribution in [0.1, 0.15) is 57.3 Å². The fourth-order valence-electron chi connectivity index (χ4n) is 2.64. The second-order valence-corrected chi connectivity index (χ2v) is 7.88. The minimum atomic E-state index is 0.0954. The van der Waals surface area contributed by atoms with Crippen LogP contribution in [-0.2, 0) is 19.6 Å². The van der Waals surface area contributed by atoms with E-state index in [0.29, 0.717) is 6.04 Å². The molecule has 1 N–H and O–H groups in total. The van der Waals surface area contributed by atoms with E-state index >= 15 is 0 Å². The summed E-state index contributed by atoms with van der Waals surface area (Å²) in [6.07, 6.45) is 0. The van der Waals surface area contributed by atoms with Gasteiger partial charge in [-0.05, 0) is 53.2 Å². The van der Waals surface area contributed by atoms with E-state index in [4.69, 9.17) is 4.42 Å². The summed E-state index contributed by atoms with van der Waals surface area (Å²) in [6.45, 7) is 15.7. The van der Waals surface area contributed by atoms with E-state index in [9.17, 15) is 0 Å². The van der Waals surface area contributed by atoms with Gasteiger partial charge >= 0.3 is 0 Å². The molecule has 0 fully saturated rings. The smallest absolute Gasteiger partial charge is 0.118 e. The van der Waals surface area contributed by atoms with Crippen LogP contribution in [0.15, 0.2) is 40.8 Å². The quantitative estimate of drug-likeness (QED) is 0.784. The third-order valence-corrected chi connectivity index (χ3v) is 4.20. The molecule has 0 bridgehead atoms. The van der Waals surface area contributed by atoms with E-state index in [1.54, 1.807) is 0 Å². The van der Waals surface area contributed by atoms with Gasteiger partial charge in [-0.2, -0.15) is 0 Å². The maximum atomic E-state index is 5.95. The Morgan fingerprint density at radius 2 is 1.75 bits per heavy atom. The van der Waals surface area contributed by atoms with Crippen molar-refractivity contribution in [1.82, 2.24) is 10.2 Å². The van der Waals surface area contributed by atoms with Crippen molar-refractivity contribution in [3.8, 4) is 0 Å². The third-order valence-electron chi connectivity index (χ3n) is 4.20. The Labute approximate surface area is 147 Å². The van der Waals surface area contributed by atoms with Gasteiger partial charge in [0.25, 0.3) is 0 Å². The summed E-state index contributed by atoms with van der Waals surface area (Å²) in [5.41, 5.74) is 2.73. The van der Waals surface area contributed by atoms with Crippen molar-refractivity contribution < 1.29 is 4.42 Å². The van der Waals surface area contributed by atoms with E-state index < -0.39 is 0 Å². The Morgan fingerprint density at radius 3 is 2.33 bits per heavy atom. The Hall–Kier alpha value is -1.58. The molecule has 0 aliphatic rings. The first-order valence-corrected chi connectivity index (χ1v) is 8.86. The number of nitrogens with zero attached hydrogens (tertiary/aromatic N) is 1. The molecule has 24 heavy (non-hydrogen) atoms. The molecule has 0 amide bonds. The Morgan fingerprint density at radius 1 is 1.08 bits per heavy atom. The highest BCUT2D eigenvalue weighted by Crippen LogP contribution is 2.20. The Balaban J connectivity index is 2.05. The van der Waals surface area contributed by atoms with Crippen LogP contribution in [0.25, 0.3) is 0 Å². The first kappa shape index (κ1) is 18.8. The number of hydrogen-bond donors (Lipinski definition) is 1. The highest BCUT2D eigenvalue weighted by atomic mass is 16.3. The van der Waals surface area contributed by atoms with E-state index in [-0.39, 0.29) is 5.54 Å². The fraction of sp³-hybridized carbons (Fsp3) is 0.524. The SMILES string of the molecule is Cc1oc(CNC(C)(C)C)cc1CN(Cc1ccccc1)C(C)C. The summed E-state index contributed by atoms with van der Waals surface area (Å²) < 4.78 is 5.95. The van der Waals surface area contributed by atoms with E-state index in [2.05, 4.69) is 88.2 Å². The van der Waals surface area contributed by atoms with E-state index in [1.807, 2.05) is 0 Å². The van der Waals surface area contributed by atoms with Crippen molar-refractivity contribution in [2.45, 2.75) is 72.8 Å². The zero-order valence-corrected chi connectivity index (χ0v) is 16.0. The average Bonchev–Trinajstić information content (AvgIpc) is 2.85. The van der Waals surface area contributed by atoms with Gasteiger partial charge in [0, 0.05) is 30.2 Å². The highest BCUT2D eigenvalue weighted by Gasteiger charge is 2.16. The fourth-order valence-corrected chi connectivity index (χ4v) is 2.64. The molecule has 0 saturated heterocycles. The van der Waals surface area contributed by atoms with Crippen molar-refractivity contribution in [2.75, 3.05) is 0 Å². The molecular formula is C21H32N2O. The zero-order chi connectivity index (χ0) is 17.7. The molecule has 0 saturated carbocycles. The summed E-state index contributed by atoms with van der Waals surface area (Å²) in [5, 5.41) is 3.49. The van der Waals surface area contributed by atoms with Crippen LogP contribution in [0.5, 0.6) is 0 Å². The van der Waals surface area contributed by atoms with Gasteiger partial charge in [0.15, 0.2) is 0 Å². The second-order valence-electron chi connectivity index (χ2n) is 7.88. The normalized spacial score (nSPS) is 12.3. The van der Waals surface area contributed by atoms with E-state index in [1.165, 1.54) is 11.1 Å². The van der Waals surface area contributed by atoms with Crippen molar-refractivity contribution in [2.24, 2.45) is 0 Å². The Bertz CT molecular complexity index is 623. The number of benzene rings is 1. The number of furan rings is 1. The lowest BCUT2D eigenvalue weighted by Gasteiger charge is -2.26. The van der Waals surface area contributed by atoms with Crippen LogP contribution in [0.4, 0.5) is 0 Å². The number of hydrogen-bond acceptors (Lipinski definition) is 3. The average molecular weight is 329 g/mol. The molecule has 0 radical (unpaired) electrons. The minimum absolute atomic E-state index is 0.0954. The molecule has 0 spiro atoms. The van der Waals surface area contributed by atoms with Crippen molar-refractivity contribution in [3.05, 3.63) is 59.0 Å². The van der Waals surface area contributed by atoms with Gasteiger partial charge in [0.05, 0.1) is 6.54 Å². The number of aryl methyl sites for hydroxylation is 1. The molecule has 0 atom stereocenters. The lowest BCUT2D eigenvalue weighted by Crippen LogP contribution is -2.34. The Kier molecular flexibility index (Phi) is 6.25. The van der Waals surface area contributed by atoms with Gasteiger partial charge in [-0.3, -0.25) is 4.90 Å². The van der Waals surface area contributed by atoms with Crippen LogP contribution in [0, 0.1) is 6.92 Å². The summed E-state index contributed by atoms with van der Waals surface area (Å²) in [7, 11) is 0. The molecule has 1 aromatic heterocycles. The molecular weight excluding hydrogens is 296 g/mol. The molecule has 0 unspecified atom stereocenters. The molecule has 132 valence electrons. The molecule has 1 heterocycles. The number of nitrogens with one attached hydrogen (secondary N) is 1. The van der Waals surface area contributed by atoms with E-state index in [0.717, 1.165) is 31.2 Å². The summed E-state index contributed by atoms with van der Waals surface area (Å²) in [6, 6.07) is 13.3. The molecule has 2 aromatic rings. The zero-order valence-electron chi connectivity index (χ0n) is 16.0. The van der Waals surface area contributed by atoms with Gasteiger partial charge in [0.2, 0.25) is 0 Å². The predicted octanol–water partition coefficient (Wildman–Crippen LogP) is 4.89. The maximum absolute atomic E-state index is 5.95. The summed E-state index contributed by atoms with van der Waals surface area (Å²) in [4.78, 5) is 2.48. The third kappa shape index (κ3) is 5.81. The summed E-state index contributed by atoms with van der Waals surface area (Å²) in [5.74, 6) is 2.04. The lowest BCUT2D eigenvalue weighted by molar-refractivity contribution is 0.202. The van der Waals surface area contributed by atoms with Crippen LogP contribution < -0.4 is 5.32 Å². The molecule has 1 aromatic carbocycles. The van der Waals surface area contributed by atoms with Gasteiger partial charge in [0.1, 0.15) is 11.5 Å². The van der Waals surface area contributed by atoms with Gasteiger partial charge < -0.3 is 9.73 Å². The van der Waals surface area contributed by atoms with Crippen LogP contribution in [0.3, 0.4) is 0 Å². The highest BCUT2D eigenvalue weighted by molar-refractivity contribution is 5.22. The van der Waals surface area contributed by atoms with Crippen LogP contribution >= 0.6 is 0 Å². The van der Waals surface area contributed by atoms with Crippen molar-refractivity contribution in [1.29, 1.82) is 0 Å². The molecule has 3 nitrogen and oxygen atoms in total. The lowest BCUT2D eigenvalue weighted by atomic mass is 10.1. The maximum Gasteiger partial charge on any atom is 0.118 e. The largest absolute Gasteiger partial charge is 0.465 e. The first-order valence-electron chi connectivity index (χ1n) is 8.86. The standard InChI is InChI=1S/C21H32N2O/c1-16(2)23(14-18-10-8-7-9-11-18)15-19-12-20(24-17(19)3)13-22-21(4,5)6/h7-12,16,22H,13-15H2,1-6H3. The molecule has 0 aliphatic carbocycles. The molecule has 0 aliphatic heterocycles. The van der Waals surface area contributed by atoms with Crippen LogP contribution in [0.2, 0.25) is 0 Å². The molecule has 3 heteroatoms. The van der Waals surface area contributed by atoms with Crippen molar-refractivity contribution >= 4 is 0 Å². The number of rotatable bonds is 7. The first-order chi connectivity index (χ1) is 11.2. The summed E-state index contributed by atoms with van der Waals surface area (Å²) >= 11 is 0. The van der Waals surface area contributed by atoms with Crippen LogP contribution in [-0.4, -0.2) is 16.5 Å². The molecule has 2 rings (SSSR count). The van der Waals surface area contributed by atoms with Gasteiger partial charge in [-0.25, -0.2) is 0 Å². The van der Waals surface area contributed by atoms with Gasteiger partial charge in [-0.1, -0.05) is 30.3 Å². The van der Waals surface area contributed by atoms with Gasteiger partial charge in [-0.15, -0.1) is 0 Å². The second kappa shape index (κ2) is 8.00. The topological polar surface area (TPSA) is 28.4 Å². The minimum Gasteiger partial charge on any atom is -0.465 e.